The molecule has 18 heavy (non-hydrogen) atoms. The Bertz CT molecular complexity index is 478. The minimum absolute atomic E-state index is 0.308. The molecule has 0 saturated carbocycles. The zero-order valence-corrected chi connectivity index (χ0v) is 10.3. The van der Waals surface area contributed by atoms with Crippen LogP contribution in [0.5, 0.6) is 0 Å². The van der Waals surface area contributed by atoms with Gasteiger partial charge in [-0.2, -0.15) is 0 Å². The number of carboxylic acid groups (broad SMARTS) is 1. The lowest BCUT2D eigenvalue weighted by Gasteiger charge is -2.19. The molecule has 0 unspecified atom stereocenters. The van der Waals surface area contributed by atoms with E-state index >= 15 is 0 Å². The Morgan fingerprint density at radius 3 is 2.67 bits per heavy atom. The number of hydrogen-bond acceptors (Lipinski definition) is 4. The Hall–Kier alpha value is -1.88. The Balaban J connectivity index is 2.10. The summed E-state index contributed by atoms with van der Waals surface area (Å²) in [5.41, 5.74) is 6.41. The van der Waals surface area contributed by atoms with Crippen LogP contribution in [0.1, 0.15) is 18.1 Å². The van der Waals surface area contributed by atoms with Gasteiger partial charge in [-0.3, -0.25) is 9.79 Å². The number of amidine groups is 1. The Morgan fingerprint density at radius 2 is 2.17 bits per heavy atom. The Labute approximate surface area is 106 Å². The first-order valence-electron chi connectivity index (χ1n) is 5.89. The van der Waals surface area contributed by atoms with Crippen molar-refractivity contribution in [1.29, 1.82) is 0 Å². The van der Waals surface area contributed by atoms with Crippen molar-refractivity contribution in [1.82, 2.24) is 5.32 Å². The van der Waals surface area contributed by atoms with Crippen LogP contribution < -0.4 is 11.1 Å². The van der Waals surface area contributed by atoms with Gasteiger partial charge in [0.25, 0.3) is 0 Å². The van der Waals surface area contributed by atoms with Crippen molar-refractivity contribution < 1.29 is 9.90 Å². The molecule has 5 nitrogen and oxygen atoms in total. The number of rotatable bonds is 4. The van der Waals surface area contributed by atoms with Gasteiger partial charge in [0.05, 0.1) is 6.54 Å². The monoisotopic (exact) mass is 247 g/mol. The summed E-state index contributed by atoms with van der Waals surface area (Å²) >= 11 is 0. The van der Waals surface area contributed by atoms with Crippen molar-refractivity contribution in [2.75, 3.05) is 13.1 Å². The van der Waals surface area contributed by atoms with E-state index in [1.807, 2.05) is 24.3 Å². The van der Waals surface area contributed by atoms with Crippen LogP contribution in [-0.4, -0.2) is 35.5 Å². The van der Waals surface area contributed by atoms with E-state index in [9.17, 15) is 4.79 Å². The van der Waals surface area contributed by atoms with E-state index in [1.54, 1.807) is 0 Å². The van der Waals surface area contributed by atoms with Crippen molar-refractivity contribution in [3.05, 3.63) is 35.4 Å². The molecule has 0 radical (unpaired) electrons. The fraction of sp³-hybridized carbons (Fsp3) is 0.385. The normalized spacial score (nSPS) is 17.8. The molecule has 4 N–H and O–H groups in total. The lowest BCUT2D eigenvalue weighted by Crippen LogP contribution is -2.46. The third-order valence-corrected chi connectivity index (χ3v) is 2.96. The largest absolute Gasteiger partial charge is 0.480 e. The van der Waals surface area contributed by atoms with Gasteiger partial charge in [0.15, 0.2) is 0 Å². The summed E-state index contributed by atoms with van der Waals surface area (Å²) in [7, 11) is 0. The van der Waals surface area contributed by atoms with Crippen molar-refractivity contribution in [2.24, 2.45) is 10.7 Å². The summed E-state index contributed by atoms with van der Waals surface area (Å²) in [4.78, 5) is 15.3. The first-order valence-corrected chi connectivity index (χ1v) is 5.89. The van der Waals surface area contributed by atoms with E-state index in [-0.39, 0.29) is 0 Å². The topological polar surface area (TPSA) is 87.7 Å². The predicted molar refractivity (Wildman–Crippen MR) is 69.8 cm³/mol. The zero-order valence-electron chi connectivity index (χ0n) is 10.3. The molecule has 96 valence electrons. The molecule has 0 bridgehead atoms. The molecular weight excluding hydrogens is 230 g/mol. The number of benzene rings is 1. The fourth-order valence-corrected chi connectivity index (χ4v) is 1.87. The van der Waals surface area contributed by atoms with Crippen molar-refractivity contribution in [3.63, 3.8) is 0 Å². The molecule has 0 aliphatic carbocycles. The second-order valence-corrected chi connectivity index (χ2v) is 4.75. The van der Waals surface area contributed by atoms with Gasteiger partial charge in [-0.15, -0.1) is 0 Å². The highest BCUT2D eigenvalue weighted by Crippen LogP contribution is 2.13. The van der Waals surface area contributed by atoms with Crippen LogP contribution in [-0.2, 0) is 11.2 Å². The molecule has 0 spiro atoms. The maximum atomic E-state index is 10.9. The van der Waals surface area contributed by atoms with Crippen LogP contribution in [0.2, 0.25) is 0 Å². The van der Waals surface area contributed by atoms with Crippen molar-refractivity contribution >= 4 is 11.8 Å². The number of nitrogens with one attached hydrogen (secondary N) is 1. The molecule has 1 aromatic rings. The van der Waals surface area contributed by atoms with Gasteiger partial charge in [-0.05, 0) is 12.5 Å². The zero-order chi connectivity index (χ0) is 13.2. The molecule has 0 amide bonds. The number of nitrogens with two attached hydrogens (primary N) is 1. The fourth-order valence-electron chi connectivity index (χ4n) is 1.87. The van der Waals surface area contributed by atoms with E-state index in [4.69, 9.17) is 10.8 Å². The number of aliphatic imine (C=N–C) groups is 1. The average molecular weight is 247 g/mol. The Kier molecular flexibility index (Phi) is 3.34. The molecule has 1 aliphatic rings. The summed E-state index contributed by atoms with van der Waals surface area (Å²) in [5.74, 6) is -0.0938. The first kappa shape index (κ1) is 12.6. The quantitative estimate of drug-likeness (QED) is 0.718. The van der Waals surface area contributed by atoms with Crippen LogP contribution in [0.25, 0.3) is 0 Å². The van der Waals surface area contributed by atoms with Gasteiger partial charge in [-0.25, -0.2) is 0 Å². The number of carboxylic acids is 1. The third-order valence-electron chi connectivity index (χ3n) is 2.96. The minimum atomic E-state index is -1.23. The SMILES string of the molecule is C[C@](N)(Cc1ccc(C2=NCCN2)cc1)C(=O)O. The van der Waals surface area contributed by atoms with E-state index in [1.165, 1.54) is 6.92 Å². The standard InChI is InChI=1S/C13H17N3O2/c1-13(14,12(17)18)8-9-2-4-10(5-3-9)11-15-6-7-16-11/h2-5H,6-8,14H2,1H3,(H,15,16)(H,17,18)/t13-/m0/s1. The molecule has 1 atom stereocenters. The van der Waals surface area contributed by atoms with Gasteiger partial charge >= 0.3 is 5.97 Å². The number of carbonyl (C=O) groups is 1. The first-order chi connectivity index (χ1) is 8.49. The molecule has 5 heteroatoms. The highest BCUT2D eigenvalue weighted by atomic mass is 16.4. The molecule has 1 aromatic carbocycles. The minimum Gasteiger partial charge on any atom is -0.480 e. The summed E-state index contributed by atoms with van der Waals surface area (Å²) in [6.45, 7) is 3.19. The van der Waals surface area contributed by atoms with Gasteiger partial charge in [0.2, 0.25) is 0 Å². The van der Waals surface area contributed by atoms with Crippen LogP contribution in [0.15, 0.2) is 29.3 Å². The molecule has 0 saturated heterocycles. The van der Waals surface area contributed by atoms with Crippen LogP contribution >= 0.6 is 0 Å². The Morgan fingerprint density at radius 1 is 1.50 bits per heavy atom. The molecule has 1 heterocycles. The number of aliphatic carboxylic acids is 1. The van der Waals surface area contributed by atoms with E-state index in [0.29, 0.717) is 6.42 Å². The van der Waals surface area contributed by atoms with E-state index in [0.717, 1.165) is 30.1 Å². The predicted octanol–water partition coefficient (Wildman–Crippen LogP) is 0.381. The maximum absolute atomic E-state index is 10.9. The van der Waals surface area contributed by atoms with Crippen molar-refractivity contribution in [3.8, 4) is 0 Å². The van der Waals surface area contributed by atoms with Crippen molar-refractivity contribution in [2.45, 2.75) is 18.9 Å². The maximum Gasteiger partial charge on any atom is 0.323 e. The molecule has 1 aliphatic heterocycles. The molecular formula is C13H17N3O2. The summed E-state index contributed by atoms with van der Waals surface area (Å²) in [5, 5.41) is 12.2. The summed E-state index contributed by atoms with van der Waals surface area (Å²) in [6.07, 6.45) is 0.308. The van der Waals surface area contributed by atoms with Crippen LogP contribution in [0.4, 0.5) is 0 Å². The second kappa shape index (κ2) is 4.78. The van der Waals surface area contributed by atoms with E-state index < -0.39 is 11.5 Å². The van der Waals surface area contributed by atoms with Gasteiger partial charge in [0, 0.05) is 18.5 Å². The van der Waals surface area contributed by atoms with Crippen LogP contribution in [0, 0.1) is 0 Å². The van der Waals surface area contributed by atoms with Gasteiger partial charge in [-0.1, -0.05) is 24.3 Å². The smallest absolute Gasteiger partial charge is 0.323 e. The highest BCUT2D eigenvalue weighted by Gasteiger charge is 2.27. The van der Waals surface area contributed by atoms with E-state index in [2.05, 4.69) is 10.3 Å². The average Bonchev–Trinajstić information content (AvgIpc) is 2.83. The second-order valence-electron chi connectivity index (χ2n) is 4.75. The molecule has 0 fully saturated rings. The summed E-state index contributed by atoms with van der Waals surface area (Å²) < 4.78 is 0. The third kappa shape index (κ3) is 2.68. The lowest BCUT2D eigenvalue weighted by molar-refractivity contribution is -0.142. The number of nitrogens with zero attached hydrogens (tertiary/aromatic N) is 1. The summed E-state index contributed by atoms with van der Waals surface area (Å²) in [6, 6.07) is 7.66. The highest BCUT2D eigenvalue weighted by molar-refractivity contribution is 5.99. The molecule has 2 rings (SSSR count). The number of hydrogen-bond donors (Lipinski definition) is 3. The molecule has 0 aromatic heterocycles. The van der Waals surface area contributed by atoms with Gasteiger partial charge in [0.1, 0.15) is 11.4 Å². The lowest BCUT2D eigenvalue weighted by atomic mass is 9.93. The van der Waals surface area contributed by atoms with Gasteiger partial charge < -0.3 is 16.2 Å². The van der Waals surface area contributed by atoms with Crippen LogP contribution in [0.3, 0.4) is 0 Å².